The molecule has 1 aromatic carbocycles. The largest absolute Gasteiger partial charge is 0.481 e. The molecule has 32 heavy (non-hydrogen) atoms. The average molecular weight is 468 g/mol. The number of aromatic nitrogens is 3. The van der Waals surface area contributed by atoms with Crippen LogP contribution in [0.1, 0.15) is 35.4 Å². The van der Waals surface area contributed by atoms with Gasteiger partial charge in [0.25, 0.3) is 5.89 Å². The average Bonchev–Trinajstić information content (AvgIpc) is 3.34. The molecule has 0 spiro atoms. The molecule has 1 atom stereocenters. The fourth-order valence-corrected chi connectivity index (χ4v) is 4.10. The van der Waals surface area contributed by atoms with Gasteiger partial charge in [0.1, 0.15) is 5.02 Å². The van der Waals surface area contributed by atoms with E-state index < -0.39 is 18.8 Å². The minimum Gasteiger partial charge on any atom is -0.481 e. The van der Waals surface area contributed by atoms with Crippen LogP contribution in [0.2, 0.25) is 5.02 Å². The zero-order valence-corrected chi connectivity index (χ0v) is 17.5. The molecule has 0 bridgehead atoms. The molecule has 0 saturated heterocycles. The minimum absolute atomic E-state index is 0.0117. The first-order valence-electron chi connectivity index (χ1n) is 9.66. The lowest BCUT2D eigenvalue weighted by Crippen LogP contribution is -2.19. The number of pyridine rings is 1. The van der Waals surface area contributed by atoms with Crippen LogP contribution < -0.4 is 4.74 Å². The van der Waals surface area contributed by atoms with Crippen LogP contribution >= 0.6 is 11.6 Å². The van der Waals surface area contributed by atoms with Crippen molar-refractivity contribution < 1.29 is 32.3 Å². The summed E-state index contributed by atoms with van der Waals surface area (Å²) >= 11 is 5.98. The third-order valence-electron chi connectivity index (χ3n) is 5.33. The lowest BCUT2D eigenvalue weighted by Gasteiger charge is -2.11. The summed E-state index contributed by atoms with van der Waals surface area (Å²) in [4.78, 5) is 19.3. The molecule has 2 heterocycles. The summed E-state index contributed by atoms with van der Waals surface area (Å²) < 4.78 is 46.8. The lowest BCUT2D eigenvalue weighted by molar-refractivity contribution is -0.154. The monoisotopic (exact) mass is 467 g/mol. The molecule has 3 aromatic rings. The van der Waals surface area contributed by atoms with E-state index in [9.17, 15) is 18.0 Å². The van der Waals surface area contributed by atoms with Gasteiger partial charge in [-0.15, -0.1) is 0 Å². The third kappa shape index (κ3) is 4.55. The van der Waals surface area contributed by atoms with Crippen molar-refractivity contribution in [1.29, 1.82) is 0 Å². The van der Waals surface area contributed by atoms with Crippen LogP contribution in [-0.2, 0) is 11.2 Å². The van der Waals surface area contributed by atoms with Crippen molar-refractivity contribution in [2.45, 2.75) is 38.3 Å². The number of nitrogens with zero attached hydrogens (tertiary/aromatic N) is 3. The van der Waals surface area contributed by atoms with E-state index in [4.69, 9.17) is 21.2 Å². The van der Waals surface area contributed by atoms with Gasteiger partial charge in [0, 0.05) is 11.8 Å². The Hall–Kier alpha value is -3.14. The van der Waals surface area contributed by atoms with Gasteiger partial charge in [0.05, 0.1) is 12.0 Å². The van der Waals surface area contributed by atoms with Crippen LogP contribution in [0.3, 0.4) is 0 Å². The van der Waals surface area contributed by atoms with Crippen LogP contribution in [0.4, 0.5) is 13.2 Å². The Kier molecular flexibility index (Phi) is 5.81. The molecular formula is C21H17ClF3N3O4. The van der Waals surface area contributed by atoms with Gasteiger partial charge in [-0.2, -0.15) is 18.2 Å². The normalized spacial score (nSPS) is 15.6. The van der Waals surface area contributed by atoms with Crippen molar-refractivity contribution in [3.63, 3.8) is 0 Å². The van der Waals surface area contributed by atoms with Crippen molar-refractivity contribution in [3.05, 3.63) is 46.1 Å². The van der Waals surface area contributed by atoms with Crippen molar-refractivity contribution in [3.8, 4) is 28.7 Å². The van der Waals surface area contributed by atoms with E-state index in [0.29, 0.717) is 11.4 Å². The molecule has 0 fully saturated rings. The summed E-state index contributed by atoms with van der Waals surface area (Å²) in [5.41, 5.74) is 4.15. The fourth-order valence-electron chi connectivity index (χ4n) is 3.88. The van der Waals surface area contributed by atoms with Crippen LogP contribution in [0.5, 0.6) is 5.88 Å². The molecule has 1 aliphatic rings. The molecular weight excluding hydrogens is 451 g/mol. The molecule has 1 N–H and O–H groups in total. The van der Waals surface area contributed by atoms with E-state index in [0.717, 1.165) is 35.1 Å². The van der Waals surface area contributed by atoms with Crippen molar-refractivity contribution in [2.75, 3.05) is 6.61 Å². The Morgan fingerprint density at radius 2 is 2.16 bits per heavy atom. The SMILES string of the molecule is Cc1c(-c2noc(-c3cnc(OCC(F)(F)F)c(Cl)c3)n2)ccc2c1CCC2CC(=O)O. The van der Waals surface area contributed by atoms with Gasteiger partial charge in [-0.25, -0.2) is 4.98 Å². The summed E-state index contributed by atoms with van der Waals surface area (Å²) in [5, 5.41) is 13.0. The number of carboxylic acids is 1. The molecule has 2 aromatic heterocycles. The highest BCUT2D eigenvalue weighted by atomic mass is 35.5. The fraction of sp³-hybridized carbons (Fsp3) is 0.333. The Labute approximate surface area is 185 Å². The Balaban J connectivity index is 1.57. The van der Waals surface area contributed by atoms with Crippen LogP contribution in [0, 0.1) is 6.92 Å². The Morgan fingerprint density at radius 1 is 1.38 bits per heavy atom. The third-order valence-corrected chi connectivity index (χ3v) is 5.60. The molecule has 1 unspecified atom stereocenters. The van der Waals surface area contributed by atoms with E-state index in [1.54, 1.807) is 0 Å². The van der Waals surface area contributed by atoms with Crippen LogP contribution in [0.25, 0.3) is 22.8 Å². The van der Waals surface area contributed by atoms with Crippen molar-refractivity contribution in [2.24, 2.45) is 0 Å². The van der Waals surface area contributed by atoms with E-state index >= 15 is 0 Å². The van der Waals surface area contributed by atoms with Gasteiger partial charge < -0.3 is 14.4 Å². The first-order chi connectivity index (χ1) is 15.1. The number of carbonyl (C=O) groups is 1. The zero-order valence-electron chi connectivity index (χ0n) is 16.7. The van der Waals surface area contributed by atoms with E-state index in [1.807, 2.05) is 19.1 Å². The zero-order chi connectivity index (χ0) is 23.0. The topological polar surface area (TPSA) is 98.3 Å². The first kappa shape index (κ1) is 22.1. The number of rotatable bonds is 6. The number of hydrogen-bond acceptors (Lipinski definition) is 6. The van der Waals surface area contributed by atoms with Crippen LogP contribution in [0.15, 0.2) is 28.9 Å². The molecule has 168 valence electrons. The number of aliphatic carboxylic acids is 1. The van der Waals surface area contributed by atoms with Gasteiger partial charge >= 0.3 is 12.1 Å². The quantitative estimate of drug-likeness (QED) is 0.531. The number of alkyl halides is 3. The second-order valence-electron chi connectivity index (χ2n) is 7.48. The van der Waals surface area contributed by atoms with Gasteiger partial charge in [-0.05, 0) is 48.4 Å². The molecule has 1 aliphatic carbocycles. The van der Waals surface area contributed by atoms with E-state index in [-0.39, 0.29) is 29.1 Å². The molecule has 0 aliphatic heterocycles. The number of ether oxygens (including phenoxy) is 1. The number of fused-ring (bicyclic) bond motifs is 1. The molecule has 4 rings (SSSR count). The lowest BCUT2D eigenvalue weighted by atomic mass is 9.93. The standard InChI is InChI=1S/C21H17ClF3N3O4/c1-10-13-3-2-11(7-17(29)30)15(13)5-4-14(10)18-27-19(32-28-18)12-6-16(22)20(26-8-12)31-9-21(23,24)25/h4-6,8,11H,2-3,7,9H2,1H3,(H,29,30). The molecule has 0 saturated carbocycles. The Bertz CT molecular complexity index is 1180. The van der Waals surface area contributed by atoms with Gasteiger partial charge in [-0.1, -0.05) is 28.9 Å². The predicted octanol–water partition coefficient (Wildman–Crippen LogP) is 5.21. The number of benzene rings is 1. The number of carboxylic acid groups (broad SMARTS) is 1. The van der Waals surface area contributed by atoms with Gasteiger partial charge in [0.15, 0.2) is 6.61 Å². The van der Waals surface area contributed by atoms with Crippen molar-refractivity contribution in [1.82, 2.24) is 15.1 Å². The number of halogens is 4. The summed E-state index contributed by atoms with van der Waals surface area (Å²) in [6, 6.07) is 5.07. The maximum absolute atomic E-state index is 12.3. The molecule has 0 radical (unpaired) electrons. The van der Waals surface area contributed by atoms with Gasteiger partial charge in [0.2, 0.25) is 11.7 Å². The smallest absolute Gasteiger partial charge is 0.422 e. The highest BCUT2D eigenvalue weighted by Crippen LogP contribution is 2.40. The summed E-state index contributed by atoms with van der Waals surface area (Å²) in [7, 11) is 0. The minimum atomic E-state index is -4.51. The second kappa shape index (κ2) is 8.42. The summed E-state index contributed by atoms with van der Waals surface area (Å²) in [6.45, 7) is 0.424. The highest BCUT2D eigenvalue weighted by Gasteiger charge is 2.30. The maximum atomic E-state index is 12.3. The molecule has 7 nitrogen and oxygen atoms in total. The maximum Gasteiger partial charge on any atom is 0.422 e. The van der Waals surface area contributed by atoms with Gasteiger partial charge in [-0.3, -0.25) is 4.79 Å². The van der Waals surface area contributed by atoms with E-state index in [1.165, 1.54) is 12.3 Å². The summed E-state index contributed by atoms with van der Waals surface area (Å²) in [5.74, 6) is -0.759. The van der Waals surface area contributed by atoms with E-state index in [2.05, 4.69) is 19.9 Å². The van der Waals surface area contributed by atoms with Crippen molar-refractivity contribution >= 4 is 17.6 Å². The predicted molar refractivity (Wildman–Crippen MR) is 108 cm³/mol. The highest BCUT2D eigenvalue weighted by molar-refractivity contribution is 6.32. The molecule has 0 amide bonds. The summed E-state index contributed by atoms with van der Waals surface area (Å²) in [6.07, 6.45) is -1.63. The van der Waals surface area contributed by atoms with Crippen LogP contribution in [-0.4, -0.2) is 39.0 Å². The second-order valence-corrected chi connectivity index (χ2v) is 7.88. The Morgan fingerprint density at radius 3 is 2.84 bits per heavy atom. The first-order valence-corrected chi connectivity index (χ1v) is 10.0. The number of hydrogen-bond donors (Lipinski definition) is 1. The molecule has 11 heteroatoms.